The molecule has 1 amide bonds. The maximum atomic E-state index is 12.6. The number of hydrogen-bond donors (Lipinski definition) is 1. The summed E-state index contributed by atoms with van der Waals surface area (Å²) in [6.07, 6.45) is 0. The number of thiazole rings is 1. The molecule has 0 aliphatic rings. The van der Waals surface area contributed by atoms with E-state index in [4.69, 9.17) is 10.2 Å². The molecule has 0 fully saturated rings. The number of furan rings is 1. The largest absolute Gasteiger partial charge is 0.459 e. The van der Waals surface area contributed by atoms with Gasteiger partial charge in [0.05, 0.1) is 5.69 Å². The molecule has 2 aromatic heterocycles. The fourth-order valence-corrected chi connectivity index (χ4v) is 3.22. The summed E-state index contributed by atoms with van der Waals surface area (Å²) in [5, 5.41) is 0.737. The van der Waals surface area contributed by atoms with Crippen molar-refractivity contribution in [3.05, 3.63) is 28.5 Å². The van der Waals surface area contributed by atoms with Crippen molar-refractivity contribution in [2.24, 2.45) is 11.1 Å². The molecule has 0 saturated carbocycles. The van der Waals surface area contributed by atoms with Gasteiger partial charge in [0.25, 0.3) is 5.91 Å². The molecule has 2 N–H and O–H groups in total. The van der Waals surface area contributed by atoms with Crippen LogP contribution in [0.15, 0.2) is 16.5 Å². The minimum atomic E-state index is -0.107. The fraction of sp³-hybridized carbons (Fsp3) is 0.500. The first-order chi connectivity index (χ1) is 10.2. The highest BCUT2D eigenvalue weighted by Gasteiger charge is 2.25. The Morgan fingerprint density at radius 3 is 2.64 bits per heavy atom. The molecule has 0 aromatic carbocycles. The number of aromatic nitrogens is 1. The molecule has 0 aliphatic carbocycles. The van der Waals surface area contributed by atoms with Crippen LogP contribution < -0.4 is 5.73 Å². The molecule has 2 rings (SSSR count). The van der Waals surface area contributed by atoms with E-state index in [1.54, 1.807) is 11.9 Å². The number of carbonyl (C=O) groups excluding carboxylic acids is 1. The normalized spacial score (nSPS) is 11.7. The van der Waals surface area contributed by atoms with Gasteiger partial charge in [0.1, 0.15) is 10.6 Å². The SMILES string of the molecule is Cc1ccc(-c2nc(C)c(C(=O)N(C)CC(C)(C)CN)s2)o1. The Bertz CT molecular complexity index is 673. The maximum Gasteiger partial charge on any atom is 0.265 e. The molecular weight excluding hydrogens is 298 g/mol. The second kappa shape index (κ2) is 6.22. The third-order valence-corrected chi connectivity index (χ3v) is 4.67. The first-order valence-electron chi connectivity index (χ1n) is 7.23. The van der Waals surface area contributed by atoms with Crippen LogP contribution in [0, 0.1) is 19.3 Å². The van der Waals surface area contributed by atoms with Gasteiger partial charge in [0.2, 0.25) is 0 Å². The van der Waals surface area contributed by atoms with E-state index in [0.717, 1.165) is 16.5 Å². The zero-order valence-corrected chi connectivity index (χ0v) is 14.6. The highest BCUT2D eigenvalue weighted by atomic mass is 32.1. The fourth-order valence-electron chi connectivity index (χ4n) is 2.20. The summed E-state index contributed by atoms with van der Waals surface area (Å²) in [5.41, 5.74) is 6.37. The predicted octanol–water partition coefficient (Wildman–Crippen LogP) is 3.08. The Balaban J connectivity index is 2.22. The van der Waals surface area contributed by atoms with Crippen molar-refractivity contribution < 1.29 is 9.21 Å². The average molecular weight is 321 g/mol. The summed E-state index contributed by atoms with van der Waals surface area (Å²) in [7, 11) is 1.80. The summed E-state index contributed by atoms with van der Waals surface area (Å²) >= 11 is 1.37. The van der Waals surface area contributed by atoms with Gasteiger partial charge in [-0.25, -0.2) is 4.98 Å². The minimum Gasteiger partial charge on any atom is -0.459 e. The van der Waals surface area contributed by atoms with Gasteiger partial charge in [-0.05, 0) is 37.9 Å². The van der Waals surface area contributed by atoms with Crippen molar-refractivity contribution in [2.75, 3.05) is 20.1 Å². The summed E-state index contributed by atoms with van der Waals surface area (Å²) in [4.78, 5) is 19.5. The number of nitrogens with zero attached hydrogens (tertiary/aromatic N) is 2. The van der Waals surface area contributed by atoms with Crippen molar-refractivity contribution >= 4 is 17.2 Å². The highest BCUT2D eigenvalue weighted by molar-refractivity contribution is 7.17. The Hall–Kier alpha value is -1.66. The van der Waals surface area contributed by atoms with Crippen molar-refractivity contribution in [3.63, 3.8) is 0 Å². The minimum absolute atomic E-state index is 0.0222. The molecule has 5 nitrogen and oxygen atoms in total. The van der Waals surface area contributed by atoms with Crippen molar-refractivity contribution in [2.45, 2.75) is 27.7 Å². The van der Waals surface area contributed by atoms with Crippen LogP contribution >= 0.6 is 11.3 Å². The lowest BCUT2D eigenvalue weighted by molar-refractivity contribution is 0.0744. The van der Waals surface area contributed by atoms with E-state index in [-0.39, 0.29) is 11.3 Å². The third-order valence-electron chi connectivity index (χ3n) is 3.51. The van der Waals surface area contributed by atoms with Crippen LogP contribution in [0.25, 0.3) is 10.8 Å². The van der Waals surface area contributed by atoms with Crippen LogP contribution in [0.2, 0.25) is 0 Å². The number of rotatable bonds is 5. The summed E-state index contributed by atoms with van der Waals surface area (Å²) < 4.78 is 5.58. The Morgan fingerprint density at radius 1 is 1.41 bits per heavy atom. The van der Waals surface area contributed by atoms with Gasteiger partial charge in [-0.1, -0.05) is 13.8 Å². The molecule has 0 radical (unpaired) electrons. The van der Waals surface area contributed by atoms with Crippen molar-refractivity contribution in [1.82, 2.24) is 9.88 Å². The first kappa shape index (κ1) is 16.7. The molecule has 2 heterocycles. The lowest BCUT2D eigenvalue weighted by atomic mass is 9.93. The van der Waals surface area contributed by atoms with E-state index < -0.39 is 0 Å². The number of amides is 1. The zero-order chi connectivity index (χ0) is 16.5. The Kier molecular flexibility index (Phi) is 4.72. The van der Waals surface area contributed by atoms with Crippen LogP contribution in [-0.2, 0) is 0 Å². The van der Waals surface area contributed by atoms with Crippen LogP contribution in [-0.4, -0.2) is 35.9 Å². The molecule has 2 aromatic rings. The molecule has 22 heavy (non-hydrogen) atoms. The van der Waals surface area contributed by atoms with Crippen molar-refractivity contribution in [1.29, 1.82) is 0 Å². The Labute approximate surface area is 135 Å². The van der Waals surface area contributed by atoms with Crippen LogP contribution in [0.3, 0.4) is 0 Å². The van der Waals surface area contributed by atoms with Gasteiger partial charge in [0.15, 0.2) is 10.8 Å². The number of nitrogens with two attached hydrogens (primary N) is 1. The molecule has 0 spiro atoms. The summed E-state index contributed by atoms with van der Waals surface area (Å²) in [6.45, 7) is 8.97. The molecule has 0 bridgehead atoms. The van der Waals surface area contributed by atoms with Gasteiger partial charge in [-0.2, -0.15) is 0 Å². The third kappa shape index (κ3) is 3.56. The zero-order valence-electron chi connectivity index (χ0n) is 13.8. The van der Waals surface area contributed by atoms with Gasteiger partial charge >= 0.3 is 0 Å². The second-order valence-electron chi connectivity index (χ2n) is 6.37. The van der Waals surface area contributed by atoms with Crippen molar-refractivity contribution in [3.8, 4) is 10.8 Å². The summed E-state index contributed by atoms with van der Waals surface area (Å²) in [5.74, 6) is 1.51. The average Bonchev–Trinajstić information content (AvgIpc) is 3.03. The van der Waals surface area contributed by atoms with Gasteiger partial charge < -0.3 is 15.1 Å². The number of aryl methyl sites for hydroxylation is 2. The van der Waals surface area contributed by atoms with E-state index in [1.165, 1.54) is 11.3 Å². The molecule has 0 saturated heterocycles. The lowest BCUT2D eigenvalue weighted by Crippen LogP contribution is -2.39. The second-order valence-corrected chi connectivity index (χ2v) is 7.37. The lowest BCUT2D eigenvalue weighted by Gasteiger charge is -2.28. The van der Waals surface area contributed by atoms with Crippen LogP contribution in [0.4, 0.5) is 0 Å². The molecule has 0 atom stereocenters. The van der Waals surface area contributed by atoms with Crippen LogP contribution in [0.1, 0.15) is 35.0 Å². The standard InChI is InChI=1S/C16H23N3O2S/c1-10-6-7-12(21-10)14-18-11(2)13(22-14)15(20)19(5)9-16(3,4)8-17/h6-7H,8-9,17H2,1-5H3. The molecular formula is C16H23N3O2S. The number of hydrogen-bond acceptors (Lipinski definition) is 5. The van der Waals surface area contributed by atoms with Gasteiger partial charge in [0, 0.05) is 13.6 Å². The smallest absolute Gasteiger partial charge is 0.265 e. The predicted molar refractivity (Wildman–Crippen MR) is 89.1 cm³/mol. The Morgan fingerprint density at radius 2 is 2.09 bits per heavy atom. The molecule has 6 heteroatoms. The van der Waals surface area contributed by atoms with Gasteiger partial charge in [-0.15, -0.1) is 11.3 Å². The topological polar surface area (TPSA) is 72.4 Å². The maximum absolute atomic E-state index is 12.6. The molecule has 0 aliphatic heterocycles. The van der Waals surface area contributed by atoms with E-state index in [9.17, 15) is 4.79 Å². The first-order valence-corrected chi connectivity index (χ1v) is 8.05. The van der Waals surface area contributed by atoms with Crippen LogP contribution in [0.5, 0.6) is 0 Å². The molecule has 120 valence electrons. The van der Waals surface area contributed by atoms with E-state index in [1.807, 2.05) is 39.8 Å². The highest BCUT2D eigenvalue weighted by Crippen LogP contribution is 2.30. The number of carbonyl (C=O) groups is 1. The van der Waals surface area contributed by atoms with E-state index >= 15 is 0 Å². The van der Waals surface area contributed by atoms with E-state index in [2.05, 4.69) is 4.98 Å². The quantitative estimate of drug-likeness (QED) is 0.918. The van der Waals surface area contributed by atoms with Gasteiger partial charge in [-0.3, -0.25) is 4.79 Å². The summed E-state index contributed by atoms with van der Waals surface area (Å²) in [6, 6.07) is 3.77. The monoisotopic (exact) mass is 321 g/mol. The van der Waals surface area contributed by atoms with E-state index in [0.29, 0.717) is 23.7 Å². The molecule has 0 unspecified atom stereocenters.